The number of benzene rings is 2. The number of methoxy groups -OCH3 is 1. The summed E-state index contributed by atoms with van der Waals surface area (Å²) in [5.74, 6) is 0.472. The second kappa shape index (κ2) is 7.40. The lowest BCUT2D eigenvalue weighted by Gasteiger charge is -2.18. The van der Waals surface area contributed by atoms with Gasteiger partial charge in [-0.05, 0) is 29.8 Å². The molecule has 0 aliphatic heterocycles. The van der Waals surface area contributed by atoms with Gasteiger partial charge in [-0.3, -0.25) is 9.59 Å². The van der Waals surface area contributed by atoms with Crippen molar-refractivity contribution in [2.24, 2.45) is 0 Å². The molecule has 0 saturated heterocycles. The van der Waals surface area contributed by atoms with Crippen molar-refractivity contribution in [2.45, 2.75) is 6.92 Å². The van der Waals surface area contributed by atoms with Crippen LogP contribution in [-0.2, 0) is 4.79 Å². The lowest BCUT2D eigenvalue weighted by Crippen LogP contribution is -2.23. The number of nitrogens with zero attached hydrogens (tertiary/aromatic N) is 1. The van der Waals surface area contributed by atoms with Crippen molar-refractivity contribution in [2.75, 3.05) is 19.1 Å². The molecule has 2 aromatic carbocycles. The van der Waals surface area contributed by atoms with Gasteiger partial charge in [0.1, 0.15) is 5.75 Å². The van der Waals surface area contributed by atoms with Crippen molar-refractivity contribution in [1.82, 2.24) is 0 Å². The SMILES string of the molecule is COc1ccc(/C=C/C(=O)c2ccccc2)c(N(C)C(C)=O)c1. The highest BCUT2D eigenvalue weighted by atomic mass is 16.5. The molecule has 0 N–H and O–H groups in total. The van der Waals surface area contributed by atoms with Crippen molar-refractivity contribution in [3.8, 4) is 5.75 Å². The van der Waals surface area contributed by atoms with Gasteiger partial charge in [-0.2, -0.15) is 0 Å². The van der Waals surface area contributed by atoms with Crippen LogP contribution in [0.1, 0.15) is 22.8 Å². The summed E-state index contributed by atoms with van der Waals surface area (Å²) < 4.78 is 5.21. The third kappa shape index (κ3) is 4.07. The van der Waals surface area contributed by atoms with Gasteiger partial charge >= 0.3 is 0 Å². The number of rotatable bonds is 5. The van der Waals surface area contributed by atoms with Gasteiger partial charge in [-0.15, -0.1) is 0 Å². The largest absolute Gasteiger partial charge is 0.497 e. The van der Waals surface area contributed by atoms with E-state index in [1.54, 1.807) is 44.5 Å². The minimum absolute atomic E-state index is 0.0853. The van der Waals surface area contributed by atoms with E-state index >= 15 is 0 Å². The Morgan fingerprint density at radius 3 is 2.39 bits per heavy atom. The monoisotopic (exact) mass is 309 g/mol. The van der Waals surface area contributed by atoms with E-state index in [-0.39, 0.29) is 11.7 Å². The summed E-state index contributed by atoms with van der Waals surface area (Å²) in [4.78, 5) is 25.3. The fraction of sp³-hybridized carbons (Fsp3) is 0.158. The number of allylic oxidation sites excluding steroid dienone is 1. The minimum Gasteiger partial charge on any atom is -0.497 e. The topological polar surface area (TPSA) is 46.6 Å². The molecule has 4 nitrogen and oxygen atoms in total. The normalized spacial score (nSPS) is 10.6. The molecular weight excluding hydrogens is 290 g/mol. The molecule has 1 amide bonds. The van der Waals surface area contributed by atoms with Crippen molar-refractivity contribution in [3.05, 3.63) is 65.7 Å². The van der Waals surface area contributed by atoms with Gasteiger partial charge in [0.05, 0.1) is 12.8 Å². The maximum Gasteiger partial charge on any atom is 0.223 e. The zero-order chi connectivity index (χ0) is 16.8. The maximum absolute atomic E-state index is 12.2. The molecule has 2 aromatic rings. The summed E-state index contributed by atoms with van der Waals surface area (Å²) in [6, 6.07) is 14.4. The van der Waals surface area contributed by atoms with Crippen molar-refractivity contribution >= 4 is 23.5 Å². The first-order valence-electron chi connectivity index (χ1n) is 7.22. The molecule has 0 aliphatic carbocycles. The number of anilines is 1. The summed E-state index contributed by atoms with van der Waals surface area (Å²) in [5.41, 5.74) is 2.08. The van der Waals surface area contributed by atoms with Crippen LogP contribution in [0.15, 0.2) is 54.6 Å². The average molecular weight is 309 g/mol. The number of carbonyl (C=O) groups is 2. The lowest BCUT2D eigenvalue weighted by molar-refractivity contribution is -0.116. The molecule has 0 saturated carbocycles. The first-order chi connectivity index (χ1) is 11.0. The van der Waals surface area contributed by atoms with Gasteiger partial charge < -0.3 is 9.64 Å². The fourth-order valence-corrected chi connectivity index (χ4v) is 2.12. The van der Waals surface area contributed by atoms with Gasteiger partial charge in [0.25, 0.3) is 0 Å². The van der Waals surface area contributed by atoms with E-state index in [0.717, 1.165) is 5.56 Å². The molecule has 0 fully saturated rings. The molecule has 0 radical (unpaired) electrons. The molecule has 0 aromatic heterocycles. The molecule has 0 bridgehead atoms. The highest BCUT2D eigenvalue weighted by molar-refractivity contribution is 6.07. The summed E-state index contributed by atoms with van der Waals surface area (Å²) in [7, 11) is 3.26. The van der Waals surface area contributed by atoms with Crippen LogP contribution in [0.4, 0.5) is 5.69 Å². The van der Waals surface area contributed by atoms with Crippen LogP contribution in [0.25, 0.3) is 6.08 Å². The molecule has 23 heavy (non-hydrogen) atoms. The minimum atomic E-state index is -0.0951. The number of carbonyl (C=O) groups excluding carboxylic acids is 2. The van der Waals surface area contributed by atoms with Crippen LogP contribution in [0, 0.1) is 0 Å². The lowest BCUT2D eigenvalue weighted by atomic mass is 10.1. The molecule has 0 atom stereocenters. The van der Waals surface area contributed by atoms with Gasteiger partial charge in [0.15, 0.2) is 5.78 Å². The highest BCUT2D eigenvalue weighted by Gasteiger charge is 2.11. The first-order valence-corrected chi connectivity index (χ1v) is 7.22. The molecule has 0 heterocycles. The summed E-state index contributed by atoms with van der Waals surface area (Å²) >= 11 is 0. The Bertz CT molecular complexity index is 736. The summed E-state index contributed by atoms with van der Waals surface area (Å²) in [6.07, 6.45) is 3.22. The van der Waals surface area contributed by atoms with E-state index in [0.29, 0.717) is 17.0 Å². The van der Waals surface area contributed by atoms with E-state index in [9.17, 15) is 9.59 Å². The Labute approximate surface area is 136 Å². The molecule has 0 aliphatic rings. The Balaban J connectivity index is 2.33. The number of ether oxygens (including phenoxy) is 1. The van der Waals surface area contributed by atoms with Crippen LogP contribution >= 0.6 is 0 Å². The van der Waals surface area contributed by atoms with Crippen LogP contribution in [0.3, 0.4) is 0 Å². The van der Waals surface area contributed by atoms with E-state index < -0.39 is 0 Å². The number of ketones is 1. The van der Waals surface area contributed by atoms with Crippen LogP contribution in [0.5, 0.6) is 5.75 Å². The van der Waals surface area contributed by atoms with Gasteiger partial charge in [0, 0.05) is 25.6 Å². The summed E-state index contributed by atoms with van der Waals surface area (Å²) in [6.45, 7) is 1.49. The molecular formula is C19H19NO3. The third-order valence-electron chi connectivity index (χ3n) is 3.54. The smallest absolute Gasteiger partial charge is 0.223 e. The Morgan fingerprint density at radius 2 is 1.78 bits per heavy atom. The van der Waals surface area contributed by atoms with Crippen LogP contribution in [0.2, 0.25) is 0 Å². The molecule has 0 unspecified atom stereocenters. The van der Waals surface area contributed by atoms with E-state index in [2.05, 4.69) is 0 Å². The van der Waals surface area contributed by atoms with E-state index in [1.807, 2.05) is 24.3 Å². The number of amides is 1. The number of hydrogen-bond acceptors (Lipinski definition) is 3. The second-order valence-corrected chi connectivity index (χ2v) is 5.07. The van der Waals surface area contributed by atoms with E-state index in [1.165, 1.54) is 17.9 Å². The molecule has 0 spiro atoms. The zero-order valence-corrected chi connectivity index (χ0v) is 13.4. The van der Waals surface area contributed by atoms with Crippen LogP contribution in [-0.4, -0.2) is 25.8 Å². The quantitative estimate of drug-likeness (QED) is 0.626. The molecule has 118 valence electrons. The highest BCUT2D eigenvalue weighted by Crippen LogP contribution is 2.27. The number of hydrogen-bond donors (Lipinski definition) is 0. The van der Waals surface area contributed by atoms with E-state index in [4.69, 9.17) is 4.74 Å². The standard InChI is InChI=1S/C19H19NO3/c1-14(21)20(2)18-13-17(23-3)11-9-15(18)10-12-19(22)16-7-5-4-6-8-16/h4-13H,1-3H3/b12-10+. The predicted molar refractivity (Wildman–Crippen MR) is 91.9 cm³/mol. The van der Waals surface area contributed by atoms with Crippen LogP contribution < -0.4 is 9.64 Å². The zero-order valence-electron chi connectivity index (χ0n) is 13.4. The Morgan fingerprint density at radius 1 is 1.09 bits per heavy atom. The van der Waals surface area contributed by atoms with Gasteiger partial charge in [0.2, 0.25) is 5.91 Å². The van der Waals surface area contributed by atoms with Gasteiger partial charge in [-0.1, -0.05) is 30.3 Å². The predicted octanol–water partition coefficient (Wildman–Crippen LogP) is 3.57. The second-order valence-electron chi connectivity index (χ2n) is 5.07. The third-order valence-corrected chi connectivity index (χ3v) is 3.54. The maximum atomic E-state index is 12.2. The Kier molecular flexibility index (Phi) is 5.31. The Hall–Kier alpha value is -2.88. The fourth-order valence-electron chi connectivity index (χ4n) is 2.12. The van der Waals surface area contributed by atoms with Gasteiger partial charge in [-0.25, -0.2) is 0 Å². The van der Waals surface area contributed by atoms with Crippen molar-refractivity contribution in [1.29, 1.82) is 0 Å². The molecule has 4 heteroatoms. The molecule has 2 rings (SSSR count). The van der Waals surface area contributed by atoms with Crippen molar-refractivity contribution < 1.29 is 14.3 Å². The average Bonchev–Trinajstić information content (AvgIpc) is 2.59. The van der Waals surface area contributed by atoms with Crippen molar-refractivity contribution in [3.63, 3.8) is 0 Å². The summed E-state index contributed by atoms with van der Waals surface area (Å²) in [5, 5.41) is 0. The first kappa shape index (κ1) is 16.5.